The quantitative estimate of drug-likeness (QED) is 0.823. The lowest BCUT2D eigenvalue weighted by Gasteiger charge is -2.21. The minimum Gasteiger partial charge on any atom is -0.508 e. The zero-order valence-electron chi connectivity index (χ0n) is 11.3. The van der Waals surface area contributed by atoms with Crippen LogP contribution in [0.25, 0.3) is 0 Å². The minimum atomic E-state index is -3.56. The summed E-state index contributed by atoms with van der Waals surface area (Å²) in [4.78, 5) is 2.17. The lowest BCUT2D eigenvalue weighted by Crippen LogP contribution is -2.35. The van der Waals surface area contributed by atoms with Gasteiger partial charge in [-0.25, -0.2) is 8.42 Å². The van der Waals surface area contributed by atoms with Crippen molar-refractivity contribution in [1.29, 1.82) is 0 Å². The highest BCUT2D eigenvalue weighted by molar-refractivity contribution is 7.89. The predicted molar refractivity (Wildman–Crippen MR) is 75.0 cm³/mol. The highest BCUT2D eigenvalue weighted by atomic mass is 32.2. The van der Waals surface area contributed by atoms with Crippen molar-refractivity contribution in [2.24, 2.45) is 0 Å². The van der Waals surface area contributed by atoms with Gasteiger partial charge in [0.25, 0.3) is 0 Å². The molecule has 0 atom stereocenters. The monoisotopic (exact) mass is 300 g/mol. The first-order valence-corrected chi connectivity index (χ1v) is 8.10. The van der Waals surface area contributed by atoms with Gasteiger partial charge in [0.1, 0.15) is 5.75 Å². The van der Waals surface area contributed by atoms with E-state index in [0.717, 1.165) is 13.0 Å². The molecule has 1 saturated heterocycles. The van der Waals surface area contributed by atoms with E-state index in [0.29, 0.717) is 26.2 Å². The molecule has 1 heterocycles. The highest BCUT2D eigenvalue weighted by Crippen LogP contribution is 2.21. The number of aliphatic hydroxyl groups excluding tert-OH is 1. The van der Waals surface area contributed by atoms with Crippen LogP contribution in [0.3, 0.4) is 0 Å². The molecule has 0 saturated carbocycles. The number of rotatable bonds is 4. The van der Waals surface area contributed by atoms with Gasteiger partial charge in [-0.2, -0.15) is 4.31 Å². The summed E-state index contributed by atoms with van der Waals surface area (Å²) in [6, 6.07) is 5.74. The molecule has 1 aliphatic rings. The molecule has 0 amide bonds. The van der Waals surface area contributed by atoms with E-state index in [9.17, 15) is 13.5 Å². The number of aromatic hydroxyl groups is 1. The number of aliphatic hydroxyl groups is 1. The van der Waals surface area contributed by atoms with Gasteiger partial charge < -0.3 is 10.2 Å². The Labute approximate surface area is 119 Å². The molecule has 0 aliphatic carbocycles. The summed E-state index contributed by atoms with van der Waals surface area (Å²) in [7, 11) is -3.56. The Morgan fingerprint density at radius 1 is 1.15 bits per heavy atom. The maximum Gasteiger partial charge on any atom is 0.243 e. The third-order valence-electron chi connectivity index (χ3n) is 3.42. The Bertz CT molecular complexity index is 547. The van der Waals surface area contributed by atoms with Gasteiger partial charge in [0.15, 0.2) is 0 Å². The lowest BCUT2D eigenvalue weighted by atomic mass is 10.3. The second kappa shape index (κ2) is 6.53. The van der Waals surface area contributed by atoms with E-state index >= 15 is 0 Å². The molecule has 1 aliphatic heterocycles. The zero-order chi connectivity index (χ0) is 14.6. The summed E-state index contributed by atoms with van der Waals surface area (Å²) < 4.78 is 26.5. The third-order valence-corrected chi connectivity index (χ3v) is 5.31. The number of benzene rings is 1. The standard InChI is InChI=1S/C13H20N2O4S/c16-10-9-14-5-2-6-15(8-7-14)20(18,19)13-4-1-3-12(17)11-13/h1,3-4,11,16-17H,2,5-10H2. The molecule has 0 aromatic heterocycles. The number of hydrogen-bond donors (Lipinski definition) is 2. The van der Waals surface area contributed by atoms with Crippen LogP contribution in [0.5, 0.6) is 5.75 Å². The molecule has 0 spiro atoms. The van der Waals surface area contributed by atoms with Crippen LogP contribution in [-0.4, -0.2) is 67.2 Å². The molecule has 0 bridgehead atoms. The second-order valence-corrected chi connectivity index (χ2v) is 6.76. The van der Waals surface area contributed by atoms with E-state index in [1.165, 1.54) is 28.6 Å². The van der Waals surface area contributed by atoms with Crippen molar-refractivity contribution in [2.75, 3.05) is 39.3 Å². The van der Waals surface area contributed by atoms with Gasteiger partial charge >= 0.3 is 0 Å². The summed E-state index contributed by atoms with van der Waals surface area (Å²) in [5, 5.41) is 18.4. The molecule has 6 nitrogen and oxygen atoms in total. The first-order valence-electron chi connectivity index (χ1n) is 6.66. The van der Waals surface area contributed by atoms with Crippen molar-refractivity contribution < 1.29 is 18.6 Å². The van der Waals surface area contributed by atoms with E-state index in [-0.39, 0.29) is 17.3 Å². The largest absolute Gasteiger partial charge is 0.508 e. The van der Waals surface area contributed by atoms with Crippen molar-refractivity contribution in [2.45, 2.75) is 11.3 Å². The number of phenols is 1. The molecule has 0 unspecified atom stereocenters. The van der Waals surface area contributed by atoms with Crippen LogP contribution in [-0.2, 0) is 10.0 Å². The molecule has 2 N–H and O–H groups in total. The van der Waals surface area contributed by atoms with Crippen LogP contribution < -0.4 is 0 Å². The maximum atomic E-state index is 12.5. The average molecular weight is 300 g/mol. The van der Waals surface area contributed by atoms with Crippen molar-refractivity contribution >= 4 is 10.0 Å². The molecular formula is C13H20N2O4S. The zero-order valence-corrected chi connectivity index (χ0v) is 12.1. The van der Waals surface area contributed by atoms with Crippen LogP contribution in [0.2, 0.25) is 0 Å². The van der Waals surface area contributed by atoms with Gasteiger partial charge in [0.05, 0.1) is 11.5 Å². The van der Waals surface area contributed by atoms with Crippen LogP contribution in [0.1, 0.15) is 6.42 Å². The van der Waals surface area contributed by atoms with E-state index in [1.807, 2.05) is 0 Å². The number of phenolic OH excluding ortho intramolecular Hbond substituents is 1. The van der Waals surface area contributed by atoms with Crippen LogP contribution in [0.4, 0.5) is 0 Å². The molecule has 1 fully saturated rings. The fraction of sp³-hybridized carbons (Fsp3) is 0.538. The van der Waals surface area contributed by atoms with Crippen LogP contribution >= 0.6 is 0 Å². The summed E-state index contributed by atoms with van der Waals surface area (Å²) in [5.41, 5.74) is 0. The number of sulfonamides is 1. The Hall–Kier alpha value is -1.15. The van der Waals surface area contributed by atoms with Gasteiger partial charge in [-0.15, -0.1) is 0 Å². The topological polar surface area (TPSA) is 81.1 Å². The SMILES string of the molecule is O=S(=O)(c1cccc(O)c1)N1CCCN(CCO)CC1. The molecule has 1 aromatic rings. The first kappa shape index (κ1) is 15.2. The van der Waals surface area contributed by atoms with E-state index in [2.05, 4.69) is 4.90 Å². The van der Waals surface area contributed by atoms with E-state index in [4.69, 9.17) is 5.11 Å². The van der Waals surface area contributed by atoms with Crippen molar-refractivity contribution in [3.8, 4) is 5.75 Å². The Morgan fingerprint density at radius 2 is 1.95 bits per heavy atom. The average Bonchev–Trinajstić information content (AvgIpc) is 2.65. The normalized spacial score (nSPS) is 18.9. The van der Waals surface area contributed by atoms with Gasteiger partial charge in [-0.1, -0.05) is 6.07 Å². The third kappa shape index (κ3) is 3.49. The molecule has 112 valence electrons. The molecule has 20 heavy (non-hydrogen) atoms. The Balaban J connectivity index is 2.14. The van der Waals surface area contributed by atoms with Gasteiger partial charge in [0.2, 0.25) is 10.0 Å². The highest BCUT2D eigenvalue weighted by Gasteiger charge is 2.26. The van der Waals surface area contributed by atoms with Crippen LogP contribution in [0, 0.1) is 0 Å². The fourth-order valence-electron chi connectivity index (χ4n) is 2.35. The number of nitrogens with zero attached hydrogens (tertiary/aromatic N) is 2. The lowest BCUT2D eigenvalue weighted by molar-refractivity contribution is 0.202. The Kier molecular flexibility index (Phi) is 4.98. The summed E-state index contributed by atoms with van der Waals surface area (Å²) in [6.07, 6.45) is 0.734. The number of β-amino-alcohol motifs (C(OH)–C–C–N with tert-alkyl or cyclic N) is 1. The van der Waals surface area contributed by atoms with E-state index in [1.54, 1.807) is 0 Å². The summed E-state index contributed by atoms with van der Waals surface area (Å²) in [5.74, 6) is -0.0530. The second-order valence-electron chi connectivity index (χ2n) is 4.82. The molecular weight excluding hydrogens is 280 g/mol. The molecule has 0 radical (unpaired) electrons. The summed E-state index contributed by atoms with van der Waals surface area (Å²) >= 11 is 0. The van der Waals surface area contributed by atoms with Crippen molar-refractivity contribution in [3.05, 3.63) is 24.3 Å². The van der Waals surface area contributed by atoms with Crippen molar-refractivity contribution in [3.63, 3.8) is 0 Å². The molecule has 1 aromatic carbocycles. The van der Waals surface area contributed by atoms with E-state index < -0.39 is 10.0 Å². The first-order chi connectivity index (χ1) is 9.54. The Morgan fingerprint density at radius 3 is 2.65 bits per heavy atom. The predicted octanol–water partition coefficient (Wildman–Crippen LogP) is 0.0809. The fourth-order valence-corrected chi connectivity index (χ4v) is 3.86. The molecule has 2 rings (SSSR count). The van der Waals surface area contributed by atoms with Crippen molar-refractivity contribution in [1.82, 2.24) is 9.21 Å². The maximum absolute atomic E-state index is 12.5. The molecule has 7 heteroatoms. The van der Waals surface area contributed by atoms with Crippen LogP contribution in [0.15, 0.2) is 29.2 Å². The van der Waals surface area contributed by atoms with Gasteiger partial charge in [0, 0.05) is 26.2 Å². The summed E-state index contributed by atoms with van der Waals surface area (Å²) in [6.45, 7) is 2.91. The van der Waals surface area contributed by atoms with Gasteiger partial charge in [-0.05, 0) is 31.2 Å². The smallest absolute Gasteiger partial charge is 0.243 e. The minimum absolute atomic E-state index is 0.0530. The van der Waals surface area contributed by atoms with Gasteiger partial charge in [-0.3, -0.25) is 4.90 Å². The number of hydrogen-bond acceptors (Lipinski definition) is 5.